The number of benzene rings is 2. The SMILES string of the molecule is Cc1cc(-c2ncn3c2CC2=C(COCc4ccccc4)NNN2c2cc(Cl)ccc2-3)on1. The molecule has 6 rings (SSSR count). The Morgan fingerprint density at radius 3 is 2.79 bits per heavy atom. The van der Waals surface area contributed by atoms with Crippen LogP contribution in [0.25, 0.3) is 17.1 Å². The molecule has 0 unspecified atom stereocenters. The molecule has 9 heteroatoms. The lowest BCUT2D eigenvalue weighted by Crippen LogP contribution is -2.38. The van der Waals surface area contributed by atoms with Crippen LogP contribution >= 0.6 is 11.6 Å². The van der Waals surface area contributed by atoms with Gasteiger partial charge in [0.2, 0.25) is 0 Å². The monoisotopic (exact) mass is 460 g/mol. The molecule has 0 saturated heterocycles. The van der Waals surface area contributed by atoms with Crippen LogP contribution < -0.4 is 16.0 Å². The molecule has 4 heterocycles. The van der Waals surface area contributed by atoms with E-state index in [4.69, 9.17) is 20.9 Å². The second-order valence-electron chi connectivity index (χ2n) is 8.03. The van der Waals surface area contributed by atoms with Crippen LogP contribution in [0.15, 0.2) is 76.8 Å². The number of allylic oxidation sites excluding steroid dienone is 1. The lowest BCUT2D eigenvalue weighted by atomic mass is 10.1. The van der Waals surface area contributed by atoms with Crippen LogP contribution in [-0.4, -0.2) is 21.3 Å². The van der Waals surface area contributed by atoms with Gasteiger partial charge in [0, 0.05) is 17.5 Å². The van der Waals surface area contributed by atoms with Crippen LogP contribution in [0.2, 0.25) is 5.02 Å². The van der Waals surface area contributed by atoms with Crippen LogP contribution in [0.4, 0.5) is 5.69 Å². The maximum absolute atomic E-state index is 6.38. The Labute approximate surface area is 195 Å². The average Bonchev–Trinajstić information content (AvgIpc) is 3.52. The zero-order valence-electron chi connectivity index (χ0n) is 17.9. The van der Waals surface area contributed by atoms with Gasteiger partial charge in [-0.2, -0.15) is 0 Å². The van der Waals surface area contributed by atoms with Gasteiger partial charge in [-0.15, -0.1) is 5.53 Å². The zero-order valence-corrected chi connectivity index (χ0v) is 18.6. The number of nitrogens with one attached hydrogen (secondary N) is 2. The van der Waals surface area contributed by atoms with Crippen molar-refractivity contribution in [3.63, 3.8) is 0 Å². The summed E-state index contributed by atoms with van der Waals surface area (Å²) in [6.07, 6.45) is 2.42. The van der Waals surface area contributed by atoms with E-state index in [-0.39, 0.29) is 0 Å². The van der Waals surface area contributed by atoms with Gasteiger partial charge in [0.1, 0.15) is 12.0 Å². The minimum absolute atomic E-state index is 0.425. The fourth-order valence-electron chi connectivity index (χ4n) is 4.22. The van der Waals surface area contributed by atoms with Gasteiger partial charge in [-0.3, -0.25) is 9.58 Å². The van der Waals surface area contributed by atoms with Crippen molar-refractivity contribution in [1.29, 1.82) is 0 Å². The highest BCUT2D eigenvalue weighted by molar-refractivity contribution is 6.31. The first-order chi connectivity index (χ1) is 16.2. The molecule has 2 aliphatic heterocycles. The number of hydrogen-bond donors (Lipinski definition) is 2. The predicted molar refractivity (Wildman–Crippen MR) is 124 cm³/mol. The third-order valence-electron chi connectivity index (χ3n) is 5.80. The van der Waals surface area contributed by atoms with Gasteiger partial charge >= 0.3 is 0 Å². The first-order valence-corrected chi connectivity index (χ1v) is 11.0. The Hall–Kier alpha value is -3.59. The number of imidazole rings is 1. The number of nitrogens with zero attached hydrogens (tertiary/aromatic N) is 4. The Morgan fingerprint density at radius 1 is 1.09 bits per heavy atom. The Kier molecular flexibility index (Phi) is 4.91. The molecule has 4 aromatic rings. The molecule has 2 aliphatic rings. The zero-order chi connectivity index (χ0) is 22.4. The number of ether oxygens (including phenoxy) is 1. The number of rotatable bonds is 5. The summed E-state index contributed by atoms with van der Waals surface area (Å²) in [5, 5.41) is 6.71. The minimum atomic E-state index is 0.425. The molecule has 2 N–H and O–H groups in total. The molecule has 0 spiro atoms. The van der Waals surface area contributed by atoms with Gasteiger partial charge in [-0.25, -0.2) is 4.98 Å². The summed E-state index contributed by atoms with van der Waals surface area (Å²) in [6.45, 7) is 2.85. The summed E-state index contributed by atoms with van der Waals surface area (Å²) in [7, 11) is 0. The van der Waals surface area contributed by atoms with E-state index in [0.29, 0.717) is 30.4 Å². The van der Waals surface area contributed by atoms with Crippen molar-refractivity contribution in [1.82, 2.24) is 25.7 Å². The first-order valence-electron chi connectivity index (χ1n) is 10.6. The number of hydrazine groups is 2. The molecule has 33 heavy (non-hydrogen) atoms. The maximum Gasteiger partial charge on any atom is 0.187 e. The molecule has 2 aromatic carbocycles. The van der Waals surface area contributed by atoms with E-state index in [2.05, 4.69) is 37.8 Å². The number of aryl methyl sites for hydroxylation is 1. The van der Waals surface area contributed by atoms with Gasteiger partial charge < -0.3 is 14.7 Å². The van der Waals surface area contributed by atoms with Crippen LogP contribution in [0, 0.1) is 6.92 Å². The van der Waals surface area contributed by atoms with Crippen LogP contribution in [0.3, 0.4) is 0 Å². The molecule has 0 amide bonds. The predicted octanol–water partition coefficient (Wildman–Crippen LogP) is 4.30. The average molecular weight is 461 g/mol. The lowest BCUT2D eigenvalue weighted by Gasteiger charge is -2.21. The van der Waals surface area contributed by atoms with Crippen molar-refractivity contribution in [3.8, 4) is 17.1 Å². The molecule has 0 bridgehead atoms. The number of hydrogen-bond acceptors (Lipinski definition) is 7. The normalized spacial score (nSPS) is 14.5. The highest BCUT2D eigenvalue weighted by Gasteiger charge is 2.32. The van der Waals surface area contributed by atoms with Crippen molar-refractivity contribution >= 4 is 17.3 Å². The molecule has 0 atom stereocenters. The molecule has 8 nitrogen and oxygen atoms in total. The van der Waals surface area contributed by atoms with Crippen molar-refractivity contribution in [2.45, 2.75) is 20.0 Å². The Morgan fingerprint density at radius 2 is 1.97 bits per heavy atom. The number of halogens is 1. The summed E-state index contributed by atoms with van der Waals surface area (Å²) >= 11 is 6.38. The third kappa shape index (κ3) is 3.58. The Bertz CT molecular complexity index is 1360. The van der Waals surface area contributed by atoms with Crippen molar-refractivity contribution < 1.29 is 9.26 Å². The fourth-order valence-corrected chi connectivity index (χ4v) is 4.39. The van der Waals surface area contributed by atoms with Gasteiger partial charge in [0.15, 0.2) is 5.76 Å². The van der Waals surface area contributed by atoms with E-state index in [1.54, 1.807) is 0 Å². The largest absolute Gasteiger partial charge is 0.370 e. The summed E-state index contributed by atoms with van der Waals surface area (Å²) in [5.41, 5.74) is 14.1. The molecular weight excluding hydrogens is 440 g/mol. The standard InChI is InChI=1S/C24H21ClN6O2/c1-15-9-23(33-28-15)24-22-11-20-18(13-32-12-16-5-3-2-4-6-16)27-29-31(20)21-10-17(25)7-8-19(21)30(22)14-26-24/h2-10,14,27,29H,11-13H2,1H3. The van der Waals surface area contributed by atoms with Crippen LogP contribution in [0.1, 0.15) is 17.0 Å². The Balaban J connectivity index is 1.40. The van der Waals surface area contributed by atoms with E-state index in [9.17, 15) is 0 Å². The quantitative estimate of drug-likeness (QED) is 0.459. The van der Waals surface area contributed by atoms with Gasteiger partial charge in [-0.1, -0.05) is 47.1 Å². The molecule has 166 valence electrons. The number of fused-ring (bicyclic) bond motifs is 5. The topological polar surface area (TPSA) is 80.4 Å². The van der Waals surface area contributed by atoms with E-state index >= 15 is 0 Å². The smallest absolute Gasteiger partial charge is 0.187 e. The van der Waals surface area contributed by atoms with Crippen molar-refractivity contribution in [2.24, 2.45) is 0 Å². The van der Waals surface area contributed by atoms with E-state index < -0.39 is 0 Å². The van der Waals surface area contributed by atoms with Crippen LogP contribution in [-0.2, 0) is 17.8 Å². The van der Waals surface area contributed by atoms with E-state index in [1.165, 1.54) is 0 Å². The molecule has 0 radical (unpaired) electrons. The van der Waals surface area contributed by atoms with E-state index in [1.807, 2.05) is 60.7 Å². The highest BCUT2D eigenvalue weighted by atomic mass is 35.5. The molecule has 0 aliphatic carbocycles. The first kappa shape index (κ1) is 20.0. The molecular formula is C24H21ClN6O2. The van der Waals surface area contributed by atoms with Gasteiger partial charge in [0.05, 0.1) is 47.4 Å². The molecule has 0 saturated carbocycles. The molecule has 0 fully saturated rings. The van der Waals surface area contributed by atoms with Crippen molar-refractivity contribution in [3.05, 3.63) is 94.3 Å². The fraction of sp³-hybridized carbons (Fsp3) is 0.167. The van der Waals surface area contributed by atoms with Crippen molar-refractivity contribution in [2.75, 3.05) is 11.6 Å². The summed E-state index contributed by atoms with van der Waals surface area (Å²) in [4.78, 5) is 4.67. The number of anilines is 1. The van der Waals surface area contributed by atoms with Crippen LogP contribution in [0.5, 0.6) is 0 Å². The second-order valence-corrected chi connectivity index (χ2v) is 8.46. The second kappa shape index (κ2) is 8.08. The van der Waals surface area contributed by atoms with Gasteiger partial charge in [-0.05, 0) is 30.7 Å². The highest BCUT2D eigenvalue weighted by Crippen LogP contribution is 2.39. The third-order valence-corrected chi connectivity index (χ3v) is 6.03. The summed E-state index contributed by atoms with van der Waals surface area (Å²) < 4.78 is 13.6. The summed E-state index contributed by atoms with van der Waals surface area (Å²) in [5.74, 6) is 0.645. The van der Waals surface area contributed by atoms with Gasteiger partial charge in [0.25, 0.3) is 0 Å². The van der Waals surface area contributed by atoms with E-state index in [0.717, 1.165) is 45.4 Å². The minimum Gasteiger partial charge on any atom is -0.370 e. The lowest BCUT2D eigenvalue weighted by molar-refractivity contribution is 0.138. The maximum atomic E-state index is 6.38. The number of aromatic nitrogens is 3. The summed E-state index contributed by atoms with van der Waals surface area (Å²) in [6, 6.07) is 17.8. The molecule has 2 aromatic heterocycles.